The maximum absolute atomic E-state index is 11.9. The molecule has 0 radical (unpaired) electrons. The molecule has 0 aliphatic rings. The van der Waals surface area contributed by atoms with Crippen LogP contribution in [-0.4, -0.2) is 21.1 Å². The van der Waals surface area contributed by atoms with Gasteiger partial charge in [-0.3, -0.25) is 4.79 Å². The van der Waals surface area contributed by atoms with Crippen molar-refractivity contribution in [3.8, 4) is 0 Å². The Balaban J connectivity index is 1.88. The second-order valence-electron chi connectivity index (χ2n) is 4.09. The Morgan fingerprint density at radius 3 is 3.05 bits per heavy atom. The summed E-state index contributed by atoms with van der Waals surface area (Å²) in [6.45, 7) is 2.88. The standard InChI is InChI=1S/C14H15ClN2OS/c1-2-17-7-6-16-14(17)9-12(18)10-19-13-5-3-4-11(15)8-13/h3-8H,2,9-10H2,1H3. The SMILES string of the molecule is CCn1ccnc1CC(=O)CSc1cccc(Cl)c1. The van der Waals surface area contributed by atoms with E-state index in [9.17, 15) is 4.79 Å². The highest BCUT2D eigenvalue weighted by Gasteiger charge is 2.09. The van der Waals surface area contributed by atoms with Gasteiger partial charge in [-0.25, -0.2) is 4.98 Å². The number of thioether (sulfide) groups is 1. The molecule has 100 valence electrons. The second-order valence-corrected chi connectivity index (χ2v) is 5.58. The summed E-state index contributed by atoms with van der Waals surface area (Å²) in [4.78, 5) is 17.2. The molecule has 0 unspecified atom stereocenters. The van der Waals surface area contributed by atoms with Crippen LogP contribution in [0.3, 0.4) is 0 Å². The highest BCUT2D eigenvalue weighted by Crippen LogP contribution is 2.21. The Morgan fingerprint density at radius 2 is 2.32 bits per heavy atom. The fraction of sp³-hybridized carbons (Fsp3) is 0.286. The summed E-state index contributed by atoms with van der Waals surface area (Å²) in [6, 6.07) is 7.54. The van der Waals surface area contributed by atoms with Crippen molar-refractivity contribution >= 4 is 29.1 Å². The lowest BCUT2D eigenvalue weighted by Crippen LogP contribution is -2.11. The first-order chi connectivity index (χ1) is 9.19. The summed E-state index contributed by atoms with van der Waals surface area (Å²) < 4.78 is 1.99. The van der Waals surface area contributed by atoms with Gasteiger partial charge in [0.15, 0.2) is 5.78 Å². The lowest BCUT2D eigenvalue weighted by Gasteiger charge is -2.04. The molecule has 0 spiro atoms. The first-order valence-electron chi connectivity index (χ1n) is 6.09. The topological polar surface area (TPSA) is 34.9 Å². The van der Waals surface area contributed by atoms with E-state index in [0.29, 0.717) is 17.2 Å². The lowest BCUT2D eigenvalue weighted by atomic mass is 10.3. The van der Waals surface area contributed by atoms with Crippen LogP contribution >= 0.6 is 23.4 Å². The quantitative estimate of drug-likeness (QED) is 0.765. The van der Waals surface area contributed by atoms with Gasteiger partial charge in [0.05, 0.1) is 12.2 Å². The van der Waals surface area contributed by atoms with Crippen molar-refractivity contribution in [2.45, 2.75) is 24.8 Å². The number of Topliss-reactive ketones (excluding diaryl/α,β-unsaturated/α-hetero) is 1. The van der Waals surface area contributed by atoms with Crippen molar-refractivity contribution < 1.29 is 4.79 Å². The van der Waals surface area contributed by atoms with Crippen LogP contribution < -0.4 is 0 Å². The van der Waals surface area contributed by atoms with E-state index in [0.717, 1.165) is 17.3 Å². The number of aryl methyl sites for hydroxylation is 1. The molecule has 0 bridgehead atoms. The molecule has 5 heteroatoms. The summed E-state index contributed by atoms with van der Waals surface area (Å²) in [5.74, 6) is 1.45. The predicted octanol–water partition coefficient (Wildman–Crippen LogP) is 3.46. The minimum absolute atomic E-state index is 0.172. The molecule has 0 aliphatic carbocycles. The number of halogens is 1. The fourth-order valence-electron chi connectivity index (χ4n) is 1.74. The number of hydrogen-bond acceptors (Lipinski definition) is 3. The van der Waals surface area contributed by atoms with Gasteiger partial charge in [-0.1, -0.05) is 17.7 Å². The number of rotatable bonds is 6. The molecule has 1 aromatic carbocycles. The van der Waals surface area contributed by atoms with Crippen LogP contribution in [-0.2, 0) is 17.8 Å². The normalized spacial score (nSPS) is 10.6. The average molecular weight is 295 g/mol. The Bertz CT molecular complexity index is 568. The van der Waals surface area contributed by atoms with E-state index in [1.165, 1.54) is 11.8 Å². The summed E-state index contributed by atoms with van der Waals surface area (Å²) in [5, 5.41) is 0.693. The zero-order valence-electron chi connectivity index (χ0n) is 10.7. The smallest absolute Gasteiger partial charge is 0.150 e. The molecule has 1 aromatic heterocycles. The molecule has 0 saturated heterocycles. The summed E-state index contributed by atoms with van der Waals surface area (Å²) in [6.07, 6.45) is 4.01. The zero-order chi connectivity index (χ0) is 13.7. The van der Waals surface area contributed by atoms with Crippen LogP contribution in [0.2, 0.25) is 5.02 Å². The van der Waals surface area contributed by atoms with Gasteiger partial charge < -0.3 is 4.57 Å². The van der Waals surface area contributed by atoms with E-state index in [-0.39, 0.29) is 5.78 Å². The molecule has 1 heterocycles. The van der Waals surface area contributed by atoms with Crippen molar-refractivity contribution in [1.82, 2.24) is 9.55 Å². The molecule has 2 aromatic rings. The zero-order valence-corrected chi connectivity index (χ0v) is 12.2. The molecule has 19 heavy (non-hydrogen) atoms. The molecule has 0 saturated carbocycles. The molecule has 0 N–H and O–H groups in total. The molecule has 0 fully saturated rings. The highest BCUT2D eigenvalue weighted by molar-refractivity contribution is 8.00. The lowest BCUT2D eigenvalue weighted by molar-refractivity contribution is -0.116. The van der Waals surface area contributed by atoms with Crippen LogP contribution in [0, 0.1) is 0 Å². The number of imidazole rings is 1. The third-order valence-corrected chi connectivity index (χ3v) is 3.98. The van der Waals surface area contributed by atoms with E-state index >= 15 is 0 Å². The molecule has 0 aliphatic heterocycles. The average Bonchev–Trinajstić information content (AvgIpc) is 2.84. The molecular weight excluding hydrogens is 280 g/mol. The van der Waals surface area contributed by atoms with Gasteiger partial charge in [0.25, 0.3) is 0 Å². The second kappa shape index (κ2) is 6.78. The molecule has 0 atom stereocenters. The first kappa shape index (κ1) is 14.2. The number of benzene rings is 1. The summed E-state index contributed by atoms with van der Waals surface area (Å²) >= 11 is 7.41. The van der Waals surface area contributed by atoms with Gasteiger partial charge in [-0.15, -0.1) is 11.8 Å². The van der Waals surface area contributed by atoms with E-state index in [1.54, 1.807) is 6.20 Å². The minimum atomic E-state index is 0.172. The van der Waals surface area contributed by atoms with Crippen molar-refractivity contribution in [1.29, 1.82) is 0 Å². The van der Waals surface area contributed by atoms with Gasteiger partial charge in [0.2, 0.25) is 0 Å². The van der Waals surface area contributed by atoms with Crippen LogP contribution in [0.15, 0.2) is 41.6 Å². The van der Waals surface area contributed by atoms with E-state index in [4.69, 9.17) is 11.6 Å². The van der Waals surface area contributed by atoms with E-state index in [2.05, 4.69) is 4.98 Å². The van der Waals surface area contributed by atoms with Crippen molar-refractivity contribution in [2.24, 2.45) is 0 Å². The number of nitrogens with zero attached hydrogens (tertiary/aromatic N) is 2. The monoisotopic (exact) mass is 294 g/mol. The summed E-state index contributed by atoms with van der Waals surface area (Å²) in [7, 11) is 0. The molecular formula is C14H15ClN2OS. The fourth-order valence-corrected chi connectivity index (χ4v) is 2.81. The molecule has 3 nitrogen and oxygen atoms in total. The molecule has 2 rings (SSSR count). The number of ketones is 1. The highest BCUT2D eigenvalue weighted by atomic mass is 35.5. The maximum Gasteiger partial charge on any atom is 0.150 e. The van der Waals surface area contributed by atoms with Gasteiger partial charge in [0, 0.05) is 28.9 Å². The Kier molecular flexibility index (Phi) is 5.05. The largest absolute Gasteiger partial charge is 0.335 e. The Labute approximate surface area is 122 Å². The van der Waals surface area contributed by atoms with Crippen LogP contribution in [0.25, 0.3) is 0 Å². The van der Waals surface area contributed by atoms with Gasteiger partial charge >= 0.3 is 0 Å². The van der Waals surface area contributed by atoms with E-state index in [1.807, 2.05) is 42.0 Å². The number of hydrogen-bond donors (Lipinski definition) is 0. The van der Waals surface area contributed by atoms with Crippen LogP contribution in [0.1, 0.15) is 12.7 Å². The molecule has 0 amide bonds. The van der Waals surface area contributed by atoms with Crippen LogP contribution in [0.4, 0.5) is 0 Å². The number of carbonyl (C=O) groups excluding carboxylic acids is 1. The minimum Gasteiger partial charge on any atom is -0.335 e. The van der Waals surface area contributed by atoms with Crippen LogP contribution in [0.5, 0.6) is 0 Å². The first-order valence-corrected chi connectivity index (χ1v) is 7.45. The van der Waals surface area contributed by atoms with Gasteiger partial charge in [-0.05, 0) is 25.1 Å². The van der Waals surface area contributed by atoms with Crippen molar-refractivity contribution in [3.05, 3.63) is 47.5 Å². The van der Waals surface area contributed by atoms with Gasteiger partial charge in [-0.2, -0.15) is 0 Å². The van der Waals surface area contributed by atoms with Gasteiger partial charge in [0.1, 0.15) is 5.82 Å². The third-order valence-electron chi connectivity index (χ3n) is 2.69. The van der Waals surface area contributed by atoms with Crippen molar-refractivity contribution in [3.63, 3.8) is 0 Å². The number of carbonyl (C=O) groups is 1. The Hall–Kier alpha value is -1.26. The third kappa shape index (κ3) is 4.11. The van der Waals surface area contributed by atoms with E-state index < -0.39 is 0 Å². The van der Waals surface area contributed by atoms with Crippen molar-refractivity contribution in [2.75, 3.05) is 5.75 Å². The summed E-state index contributed by atoms with van der Waals surface area (Å²) in [5.41, 5.74) is 0. The number of aromatic nitrogens is 2. The maximum atomic E-state index is 11.9. The predicted molar refractivity (Wildman–Crippen MR) is 78.8 cm³/mol. The Morgan fingerprint density at radius 1 is 1.47 bits per heavy atom.